The van der Waals surface area contributed by atoms with Crippen LogP contribution < -0.4 is 10.7 Å². The average Bonchev–Trinajstić information content (AvgIpc) is 2.73. The summed E-state index contributed by atoms with van der Waals surface area (Å²) in [6, 6.07) is 9.99. The first-order chi connectivity index (χ1) is 14.9. The van der Waals surface area contributed by atoms with Crippen molar-refractivity contribution in [2.75, 3.05) is 6.54 Å². The lowest BCUT2D eigenvalue weighted by Gasteiger charge is -2.36. The maximum absolute atomic E-state index is 14.6. The second-order valence-corrected chi connectivity index (χ2v) is 7.94. The summed E-state index contributed by atoms with van der Waals surface area (Å²) in [6.07, 6.45) is 1.09. The van der Waals surface area contributed by atoms with Crippen molar-refractivity contribution in [3.05, 3.63) is 76.5 Å². The predicted molar refractivity (Wildman–Crippen MR) is 113 cm³/mol. The number of rotatable bonds is 6. The molecule has 0 aromatic heterocycles. The summed E-state index contributed by atoms with van der Waals surface area (Å²) in [4.78, 5) is 25.7. The molecule has 1 amide bonds. The van der Waals surface area contributed by atoms with Gasteiger partial charge in [-0.05, 0) is 42.7 Å². The number of hydrazine groups is 1. The molecular weight excluding hydrogens is 400 g/mol. The van der Waals surface area contributed by atoms with Crippen molar-refractivity contribution in [1.82, 2.24) is 15.8 Å². The zero-order valence-electron chi connectivity index (χ0n) is 17.5. The number of carbonyl (C=O) groups excluding carboxylic acids is 2. The number of hydrogen-bond acceptors (Lipinski definition) is 4. The fourth-order valence-corrected chi connectivity index (χ4v) is 4.32. The van der Waals surface area contributed by atoms with Gasteiger partial charge in [-0.1, -0.05) is 31.2 Å². The Morgan fingerprint density at radius 2 is 2.00 bits per heavy atom. The predicted octanol–water partition coefficient (Wildman–Crippen LogP) is 3.87. The standard InChI is InChI=1S/C24H25F2N3O2/c1-3-27-29-13-19-17(8-5-9-20(19)26)22(14(29)2)24(31)28-23(18-10-11-21(18)30)15-6-4-7-16(25)12-15/h4-9,12,18,23,27H,3,10-11,13H2,1-2H3,(H,28,31)/t18?,23-/m1/s1. The minimum absolute atomic E-state index is 0.0460. The first-order valence-corrected chi connectivity index (χ1v) is 10.5. The highest BCUT2D eigenvalue weighted by Gasteiger charge is 2.38. The highest BCUT2D eigenvalue weighted by atomic mass is 19.1. The molecular formula is C24H25F2N3O2. The van der Waals surface area contributed by atoms with Crippen LogP contribution >= 0.6 is 0 Å². The summed E-state index contributed by atoms with van der Waals surface area (Å²) in [5.41, 5.74) is 5.67. The monoisotopic (exact) mass is 425 g/mol. The van der Waals surface area contributed by atoms with E-state index in [0.717, 1.165) is 0 Å². The summed E-state index contributed by atoms with van der Waals surface area (Å²) in [5.74, 6) is -1.57. The Labute approximate surface area is 180 Å². The van der Waals surface area contributed by atoms with E-state index in [9.17, 15) is 18.4 Å². The molecule has 0 bridgehead atoms. The van der Waals surface area contributed by atoms with Crippen molar-refractivity contribution in [2.24, 2.45) is 5.92 Å². The number of Topliss-reactive ketones (excluding diaryl/α,β-unsaturated/α-hetero) is 1. The molecule has 0 saturated heterocycles. The van der Waals surface area contributed by atoms with Gasteiger partial charge in [0.15, 0.2) is 0 Å². The van der Waals surface area contributed by atoms with E-state index in [1.165, 1.54) is 18.2 Å². The van der Waals surface area contributed by atoms with Crippen LogP contribution in [0.2, 0.25) is 0 Å². The molecule has 7 heteroatoms. The number of ketones is 1. The molecule has 4 rings (SSSR count). The van der Waals surface area contributed by atoms with Gasteiger partial charge in [0.05, 0.1) is 18.2 Å². The Morgan fingerprint density at radius 3 is 2.65 bits per heavy atom. The Balaban J connectivity index is 1.73. The molecule has 2 aromatic carbocycles. The fraction of sp³-hybridized carbons (Fsp3) is 0.333. The summed E-state index contributed by atoms with van der Waals surface area (Å²) in [5, 5.41) is 4.71. The second-order valence-electron chi connectivity index (χ2n) is 7.94. The third-order valence-electron chi connectivity index (χ3n) is 6.06. The van der Waals surface area contributed by atoms with Gasteiger partial charge in [0.1, 0.15) is 17.4 Å². The molecule has 2 aliphatic rings. The molecule has 2 N–H and O–H groups in total. The summed E-state index contributed by atoms with van der Waals surface area (Å²) >= 11 is 0. The molecule has 1 saturated carbocycles. The van der Waals surface area contributed by atoms with Gasteiger partial charge in [-0.2, -0.15) is 0 Å². The van der Waals surface area contributed by atoms with Gasteiger partial charge in [-0.3, -0.25) is 9.59 Å². The first-order valence-electron chi connectivity index (χ1n) is 10.5. The van der Waals surface area contributed by atoms with E-state index in [2.05, 4.69) is 10.7 Å². The molecule has 1 unspecified atom stereocenters. The lowest BCUT2D eigenvalue weighted by molar-refractivity contribution is -0.131. The summed E-state index contributed by atoms with van der Waals surface area (Å²) in [6.45, 7) is 4.63. The van der Waals surface area contributed by atoms with Crippen LogP contribution in [0, 0.1) is 17.6 Å². The van der Waals surface area contributed by atoms with E-state index in [-0.39, 0.29) is 11.6 Å². The third-order valence-corrected chi connectivity index (χ3v) is 6.06. The van der Waals surface area contributed by atoms with Crippen LogP contribution in [-0.4, -0.2) is 23.2 Å². The van der Waals surface area contributed by atoms with Crippen LogP contribution in [0.4, 0.5) is 8.78 Å². The van der Waals surface area contributed by atoms with Crippen LogP contribution in [-0.2, 0) is 16.1 Å². The number of nitrogens with one attached hydrogen (secondary N) is 2. The van der Waals surface area contributed by atoms with Gasteiger partial charge in [0.25, 0.3) is 5.91 Å². The quantitative estimate of drug-likeness (QED) is 0.738. The molecule has 162 valence electrons. The normalized spacial score (nSPS) is 19.0. The van der Waals surface area contributed by atoms with Crippen molar-refractivity contribution in [2.45, 2.75) is 39.3 Å². The topological polar surface area (TPSA) is 61.4 Å². The van der Waals surface area contributed by atoms with Crippen molar-refractivity contribution in [3.8, 4) is 0 Å². The van der Waals surface area contributed by atoms with E-state index in [1.54, 1.807) is 36.2 Å². The second kappa shape index (κ2) is 8.59. The van der Waals surface area contributed by atoms with Crippen LogP contribution in [0.1, 0.15) is 49.4 Å². The van der Waals surface area contributed by atoms with Gasteiger partial charge in [0.2, 0.25) is 0 Å². The largest absolute Gasteiger partial charge is 0.344 e. The lowest BCUT2D eigenvalue weighted by Crippen LogP contribution is -2.44. The van der Waals surface area contributed by atoms with Gasteiger partial charge in [-0.15, -0.1) is 0 Å². The van der Waals surface area contributed by atoms with E-state index in [4.69, 9.17) is 0 Å². The maximum atomic E-state index is 14.6. The highest BCUT2D eigenvalue weighted by Crippen LogP contribution is 2.37. The molecule has 1 aliphatic heterocycles. The van der Waals surface area contributed by atoms with E-state index in [1.807, 2.05) is 6.92 Å². The summed E-state index contributed by atoms with van der Waals surface area (Å²) in [7, 11) is 0. The van der Waals surface area contributed by atoms with Gasteiger partial charge >= 0.3 is 0 Å². The zero-order chi connectivity index (χ0) is 22.1. The summed E-state index contributed by atoms with van der Waals surface area (Å²) < 4.78 is 28.4. The third kappa shape index (κ3) is 3.97. The van der Waals surface area contributed by atoms with Crippen LogP contribution in [0.15, 0.2) is 48.2 Å². The van der Waals surface area contributed by atoms with Gasteiger partial charge in [-0.25, -0.2) is 14.2 Å². The van der Waals surface area contributed by atoms with E-state index in [0.29, 0.717) is 53.9 Å². The Morgan fingerprint density at radius 1 is 1.23 bits per heavy atom. The van der Waals surface area contributed by atoms with E-state index < -0.39 is 23.7 Å². The minimum Gasteiger partial charge on any atom is -0.344 e. The number of halogens is 2. The Bertz CT molecular complexity index is 1070. The van der Waals surface area contributed by atoms with Crippen LogP contribution in [0.5, 0.6) is 0 Å². The minimum atomic E-state index is -0.642. The van der Waals surface area contributed by atoms with E-state index >= 15 is 0 Å². The smallest absolute Gasteiger partial charge is 0.254 e. The van der Waals surface area contributed by atoms with Crippen molar-refractivity contribution >= 4 is 17.3 Å². The van der Waals surface area contributed by atoms with Crippen LogP contribution in [0.3, 0.4) is 0 Å². The molecule has 0 radical (unpaired) electrons. The maximum Gasteiger partial charge on any atom is 0.254 e. The SMILES string of the molecule is CCNN1Cc2c(F)cccc2C(C(=O)N[C@H](c2cccc(F)c2)C2CCC2=O)=C1C. The average molecular weight is 425 g/mol. The molecule has 31 heavy (non-hydrogen) atoms. The zero-order valence-corrected chi connectivity index (χ0v) is 17.5. The number of benzene rings is 2. The van der Waals surface area contributed by atoms with Gasteiger partial charge in [0, 0.05) is 30.1 Å². The first kappa shape index (κ1) is 21.2. The number of carbonyl (C=O) groups is 2. The van der Waals surface area contributed by atoms with Crippen molar-refractivity contribution in [1.29, 1.82) is 0 Å². The van der Waals surface area contributed by atoms with Crippen LogP contribution in [0.25, 0.3) is 5.57 Å². The molecule has 1 fully saturated rings. The Kier molecular flexibility index (Phi) is 5.87. The molecule has 1 aliphatic carbocycles. The molecule has 2 atom stereocenters. The van der Waals surface area contributed by atoms with Gasteiger partial charge < -0.3 is 10.3 Å². The highest BCUT2D eigenvalue weighted by molar-refractivity contribution is 6.21. The molecule has 5 nitrogen and oxygen atoms in total. The lowest BCUT2D eigenvalue weighted by atomic mass is 9.75. The number of fused-ring (bicyclic) bond motifs is 1. The molecule has 2 aromatic rings. The number of nitrogens with zero attached hydrogens (tertiary/aromatic N) is 1. The van der Waals surface area contributed by atoms with Crippen molar-refractivity contribution in [3.63, 3.8) is 0 Å². The Hall–Kier alpha value is -3.06. The number of amides is 1. The molecule has 1 heterocycles. The van der Waals surface area contributed by atoms with Crippen molar-refractivity contribution < 1.29 is 18.4 Å². The molecule has 0 spiro atoms. The fourth-order valence-electron chi connectivity index (χ4n) is 4.32. The number of hydrogen-bond donors (Lipinski definition) is 2. The number of allylic oxidation sites excluding steroid dienone is 1.